The fourth-order valence-corrected chi connectivity index (χ4v) is 0.897. The zero-order valence-corrected chi connectivity index (χ0v) is 6.04. The molecule has 0 spiro atoms. The Bertz CT molecular complexity index is 307. The molecule has 0 fully saturated rings. The largest absolute Gasteiger partial charge is 0.249 e. The topological polar surface area (TPSA) is 72.8 Å². The van der Waals surface area contributed by atoms with Crippen molar-refractivity contribution in [2.24, 2.45) is 0 Å². The summed E-state index contributed by atoms with van der Waals surface area (Å²) in [6, 6.07) is 0. The number of sulfone groups is 1. The highest BCUT2D eigenvalue weighted by Crippen LogP contribution is 1.94. The molecule has 6 heteroatoms. The summed E-state index contributed by atoms with van der Waals surface area (Å²) in [7, 11) is -3.27. The van der Waals surface area contributed by atoms with Gasteiger partial charge in [-0.1, -0.05) is 0 Å². The van der Waals surface area contributed by atoms with Crippen LogP contribution in [0, 0.1) is 0 Å². The molecule has 1 heterocycles. The number of hydrogen-bond acceptors (Lipinski definition) is 5. The Morgan fingerprint density at radius 1 is 1.30 bits per heavy atom. The van der Waals surface area contributed by atoms with Gasteiger partial charge < -0.3 is 0 Å². The molecule has 10 heavy (non-hydrogen) atoms. The number of rotatable bonds is 1. The molecule has 0 aliphatic carbocycles. The van der Waals surface area contributed by atoms with Gasteiger partial charge in [-0.05, 0) is 0 Å². The maximum absolute atomic E-state index is 10.7. The van der Waals surface area contributed by atoms with Gasteiger partial charge in [0, 0.05) is 6.26 Å². The van der Waals surface area contributed by atoms with Crippen LogP contribution in [-0.2, 0) is 9.84 Å². The lowest BCUT2D eigenvalue weighted by Crippen LogP contribution is -2.03. The van der Waals surface area contributed by atoms with E-state index in [0.29, 0.717) is 0 Å². The SMILES string of the molecule is CS(=O)(=O)c1ncncn1. The highest BCUT2D eigenvalue weighted by molar-refractivity contribution is 7.90. The maximum Gasteiger partial charge on any atom is 0.249 e. The van der Waals surface area contributed by atoms with Crippen LogP contribution >= 0.6 is 0 Å². The minimum absolute atomic E-state index is 0.192. The van der Waals surface area contributed by atoms with E-state index in [1.807, 2.05) is 0 Å². The second kappa shape index (κ2) is 2.30. The van der Waals surface area contributed by atoms with Gasteiger partial charge in [-0.2, -0.15) is 0 Å². The predicted octanol–water partition coefficient (Wildman–Crippen LogP) is -0.725. The van der Waals surface area contributed by atoms with Crippen LogP contribution in [-0.4, -0.2) is 29.6 Å². The van der Waals surface area contributed by atoms with Gasteiger partial charge >= 0.3 is 0 Å². The van der Waals surface area contributed by atoms with E-state index in [9.17, 15) is 8.42 Å². The van der Waals surface area contributed by atoms with E-state index in [1.165, 1.54) is 0 Å². The Hall–Kier alpha value is -1.04. The van der Waals surface area contributed by atoms with Gasteiger partial charge in [0.25, 0.3) is 0 Å². The van der Waals surface area contributed by atoms with Crippen molar-refractivity contribution in [3.63, 3.8) is 0 Å². The first-order valence-corrected chi connectivity index (χ1v) is 4.32. The first-order chi connectivity index (χ1) is 4.61. The van der Waals surface area contributed by atoms with E-state index in [1.54, 1.807) is 0 Å². The van der Waals surface area contributed by atoms with Crippen molar-refractivity contribution in [1.29, 1.82) is 0 Å². The molecule has 0 aliphatic heterocycles. The molecule has 0 aliphatic rings. The molecule has 5 nitrogen and oxygen atoms in total. The quantitative estimate of drug-likeness (QED) is 0.540. The van der Waals surface area contributed by atoms with Crippen molar-refractivity contribution >= 4 is 9.84 Å². The molecule has 0 atom stereocenters. The van der Waals surface area contributed by atoms with E-state index >= 15 is 0 Å². The zero-order chi connectivity index (χ0) is 7.61. The molecule has 0 saturated heterocycles. The molecule has 0 aromatic carbocycles. The molecular weight excluding hydrogens is 154 g/mol. The Balaban J connectivity index is 3.22. The lowest BCUT2D eigenvalue weighted by Gasteiger charge is -1.90. The summed E-state index contributed by atoms with van der Waals surface area (Å²) < 4.78 is 21.4. The molecule has 0 saturated carbocycles. The highest BCUT2D eigenvalue weighted by atomic mass is 32.2. The second-order valence-electron chi connectivity index (χ2n) is 1.69. The van der Waals surface area contributed by atoms with E-state index in [-0.39, 0.29) is 5.16 Å². The van der Waals surface area contributed by atoms with E-state index in [2.05, 4.69) is 15.0 Å². The Morgan fingerprint density at radius 3 is 2.10 bits per heavy atom. The summed E-state index contributed by atoms with van der Waals surface area (Å²) >= 11 is 0. The van der Waals surface area contributed by atoms with Crippen molar-refractivity contribution in [3.8, 4) is 0 Å². The number of aromatic nitrogens is 3. The zero-order valence-electron chi connectivity index (χ0n) is 5.22. The van der Waals surface area contributed by atoms with Crippen LogP contribution < -0.4 is 0 Å². The third-order valence-corrected chi connectivity index (χ3v) is 1.68. The van der Waals surface area contributed by atoms with Crippen molar-refractivity contribution in [1.82, 2.24) is 15.0 Å². The fraction of sp³-hybridized carbons (Fsp3) is 0.250. The average molecular weight is 159 g/mol. The van der Waals surface area contributed by atoms with Gasteiger partial charge in [-0.15, -0.1) is 0 Å². The summed E-state index contributed by atoms with van der Waals surface area (Å²) in [5, 5.41) is -0.192. The average Bonchev–Trinajstić information content (AvgIpc) is 1.88. The Morgan fingerprint density at radius 2 is 1.80 bits per heavy atom. The molecule has 1 aromatic rings. The fourth-order valence-electron chi connectivity index (χ4n) is 0.420. The van der Waals surface area contributed by atoms with Gasteiger partial charge in [0.05, 0.1) is 0 Å². The smallest absolute Gasteiger partial charge is 0.225 e. The first kappa shape index (κ1) is 7.07. The van der Waals surface area contributed by atoms with Gasteiger partial charge in [-0.3, -0.25) is 0 Å². The summed E-state index contributed by atoms with van der Waals surface area (Å²) in [4.78, 5) is 10.4. The molecular formula is C4H5N3O2S. The van der Waals surface area contributed by atoms with Crippen LogP contribution in [0.15, 0.2) is 17.8 Å². The van der Waals surface area contributed by atoms with Gasteiger partial charge in [0.15, 0.2) is 0 Å². The van der Waals surface area contributed by atoms with Crippen molar-refractivity contribution in [3.05, 3.63) is 12.7 Å². The summed E-state index contributed by atoms with van der Waals surface area (Å²) in [6.45, 7) is 0. The van der Waals surface area contributed by atoms with Crippen LogP contribution in [0.2, 0.25) is 0 Å². The highest BCUT2D eigenvalue weighted by Gasteiger charge is 2.07. The minimum atomic E-state index is -3.27. The first-order valence-electron chi connectivity index (χ1n) is 2.43. The molecule has 0 amide bonds. The molecule has 0 N–H and O–H groups in total. The van der Waals surface area contributed by atoms with Crippen molar-refractivity contribution < 1.29 is 8.42 Å². The van der Waals surface area contributed by atoms with Gasteiger partial charge in [0.2, 0.25) is 15.0 Å². The number of hydrogen-bond donors (Lipinski definition) is 0. The van der Waals surface area contributed by atoms with Crippen LogP contribution in [0.25, 0.3) is 0 Å². The van der Waals surface area contributed by atoms with E-state index < -0.39 is 9.84 Å². The van der Waals surface area contributed by atoms with Crippen molar-refractivity contribution in [2.45, 2.75) is 5.16 Å². The van der Waals surface area contributed by atoms with Crippen LogP contribution in [0.3, 0.4) is 0 Å². The molecule has 1 rings (SSSR count). The van der Waals surface area contributed by atoms with Crippen molar-refractivity contribution in [2.75, 3.05) is 6.26 Å². The molecule has 0 bridgehead atoms. The maximum atomic E-state index is 10.7. The Kier molecular flexibility index (Phi) is 1.62. The van der Waals surface area contributed by atoms with E-state index in [4.69, 9.17) is 0 Å². The monoisotopic (exact) mass is 159 g/mol. The summed E-state index contributed by atoms with van der Waals surface area (Å²) in [5.74, 6) is 0. The van der Waals surface area contributed by atoms with Gasteiger partial charge in [0.1, 0.15) is 12.7 Å². The lowest BCUT2D eigenvalue weighted by molar-refractivity contribution is 0.591. The van der Waals surface area contributed by atoms with Crippen LogP contribution in [0.4, 0.5) is 0 Å². The van der Waals surface area contributed by atoms with Gasteiger partial charge in [-0.25, -0.2) is 23.4 Å². The molecule has 0 radical (unpaired) electrons. The normalized spacial score (nSPS) is 11.3. The second-order valence-corrected chi connectivity index (χ2v) is 3.60. The lowest BCUT2D eigenvalue weighted by atomic mass is 11.1. The Labute approximate surface area is 58.1 Å². The van der Waals surface area contributed by atoms with Crippen LogP contribution in [0.5, 0.6) is 0 Å². The van der Waals surface area contributed by atoms with E-state index in [0.717, 1.165) is 18.9 Å². The third kappa shape index (κ3) is 1.47. The predicted molar refractivity (Wildman–Crippen MR) is 32.9 cm³/mol. The number of nitrogens with zero attached hydrogens (tertiary/aromatic N) is 3. The minimum Gasteiger partial charge on any atom is -0.225 e. The van der Waals surface area contributed by atoms with Crippen LogP contribution in [0.1, 0.15) is 0 Å². The summed E-state index contributed by atoms with van der Waals surface area (Å²) in [5.41, 5.74) is 0. The standard InChI is InChI=1S/C4H5N3O2S/c1-10(8,9)4-6-2-5-3-7-4/h2-3H,1H3. The molecule has 54 valence electrons. The molecule has 1 aromatic heterocycles. The summed E-state index contributed by atoms with van der Waals surface area (Å²) in [6.07, 6.45) is 3.33. The molecule has 0 unspecified atom stereocenters. The third-order valence-electron chi connectivity index (χ3n) is 0.801.